The highest BCUT2D eigenvalue weighted by molar-refractivity contribution is 14.0. The van der Waals surface area contributed by atoms with Crippen LogP contribution in [0.5, 0.6) is 0 Å². The summed E-state index contributed by atoms with van der Waals surface area (Å²) in [6.07, 6.45) is 0. The first-order valence-corrected chi connectivity index (χ1v) is 2.82. The van der Waals surface area contributed by atoms with Crippen molar-refractivity contribution in [2.24, 2.45) is 0 Å². The van der Waals surface area contributed by atoms with E-state index in [1.165, 1.54) is 11.1 Å². The fourth-order valence-corrected chi connectivity index (χ4v) is 0.807. The Bertz CT molecular complexity index is 164. The van der Waals surface area contributed by atoms with Crippen LogP contribution in [0.1, 0.15) is 11.1 Å². The Morgan fingerprint density at radius 3 is 1.67 bits per heavy atom. The molecule has 0 heterocycles. The van der Waals surface area contributed by atoms with Crippen molar-refractivity contribution >= 4 is 24.0 Å². The molecule has 0 nitrogen and oxygen atoms in total. The third-order valence-electron chi connectivity index (χ3n) is 1.17. The van der Waals surface area contributed by atoms with Crippen LogP contribution in [0, 0.1) is 13.8 Å². The van der Waals surface area contributed by atoms with Crippen LogP contribution in [0.25, 0.3) is 0 Å². The molecule has 1 rings (SSSR count). The van der Waals surface area contributed by atoms with Gasteiger partial charge in [0.05, 0.1) is 0 Å². The van der Waals surface area contributed by atoms with E-state index in [0.29, 0.717) is 0 Å². The van der Waals surface area contributed by atoms with Gasteiger partial charge in [0.2, 0.25) is 0 Å². The number of halogens is 1. The van der Waals surface area contributed by atoms with Gasteiger partial charge in [0, 0.05) is 0 Å². The van der Waals surface area contributed by atoms with E-state index in [4.69, 9.17) is 0 Å². The zero-order chi connectivity index (χ0) is 5.98. The first kappa shape index (κ1) is 8.95. The lowest BCUT2D eigenvalue weighted by molar-refractivity contribution is 1.39. The Balaban J connectivity index is 0.000000640. The van der Waals surface area contributed by atoms with Crippen LogP contribution >= 0.6 is 24.0 Å². The highest BCUT2D eigenvalue weighted by Crippen LogP contribution is 2.00. The summed E-state index contributed by atoms with van der Waals surface area (Å²) in [5.74, 6) is 0. The van der Waals surface area contributed by atoms with Gasteiger partial charge >= 0.3 is 0 Å². The average molecular weight is 234 g/mol. The first-order valence-electron chi connectivity index (χ1n) is 2.82. The van der Waals surface area contributed by atoms with Gasteiger partial charge in [-0.25, -0.2) is 0 Å². The van der Waals surface area contributed by atoms with Gasteiger partial charge in [-0.3, -0.25) is 0 Å². The molecule has 0 spiro atoms. The summed E-state index contributed by atoms with van der Waals surface area (Å²) in [5, 5.41) is 0. The molecule has 0 aliphatic heterocycles. The van der Waals surface area contributed by atoms with Crippen LogP contribution in [0.4, 0.5) is 0 Å². The molecule has 0 unspecified atom stereocenters. The average Bonchev–Trinajstić information content (AvgIpc) is 1.64. The van der Waals surface area contributed by atoms with E-state index in [1.54, 1.807) is 0 Å². The van der Waals surface area contributed by atoms with Gasteiger partial charge in [0.15, 0.2) is 0 Å². The lowest BCUT2D eigenvalue weighted by Gasteiger charge is -1.90. The lowest BCUT2D eigenvalue weighted by atomic mass is 10.2. The van der Waals surface area contributed by atoms with E-state index < -0.39 is 0 Å². The smallest absolute Gasteiger partial charge is 0.0398 e. The van der Waals surface area contributed by atoms with Crippen molar-refractivity contribution in [2.45, 2.75) is 13.8 Å². The van der Waals surface area contributed by atoms with Crippen LogP contribution in [-0.4, -0.2) is 0 Å². The maximum absolute atomic E-state index is 2.17. The normalized spacial score (nSPS) is 8.22. The summed E-state index contributed by atoms with van der Waals surface area (Å²) in [6.45, 7) is 4.21. The summed E-state index contributed by atoms with van der Waals surface area (Å²) >= 11 is 0. The Morgan fingerprint density at radius 1 is 1.00 bits per heavy atom. The summed E-state index contributed by atoms with van der Waals surface area (Å²) in [4.78, 5) is 0. The molecule has 0 radical (unpaired) electrons. The van der Waals surface area contributed by atoms with Gasteiger partial charge in [0.1, 0.15) is 0 Å². The van der Waals surface area contributed by atoms with Gasteiger partial charge in [-0.15, -0.1) is 24.0 Å². The lowest BCUT2D eigenvalue weighted by Crippen LogP contribution is -1.71. The van der Waals surface area contributed by atoms with Crippen molar-refractivity contribution in [2.75, 3.05) is 0 Å². The van der Waals surface area contributed by atoms with Crippen molar-refractivity contribution in [1.29, 1.82) is 0 Å². The molecule has 0 aliphatic carbocycles. The molecule has 0 N–H and O–H groups in total. The van der Waals surface area contributed by atoms with Gasteiger partial charge in [0.25, 0.3) is 0 Å². The van der Waals surface area contributed by atoms with Crippen LogP contribution in [-0.2, 0) is 0 Å². The van der Waals surface area contributed by atoms with Crippen LogP contribution < -0.4 is 0 Å². The predicted molar refractivity (Wildman–Crippen MR) is 51.3 cm³/mol. The summed E-state index contributed by atoms with van der Waals surface area (Å²) in [5.41, 5.74) is 2.68. The fourth-order valence-electron chi connectivity index (χ4n) is 0.807. The molecule has 0 saturated carbocycles. The molecule has 0 aliphatic rings. The topological polar surface area (TPSA) is 0 Å². The summed E-state index contributed by atoms with van der Waals surface area (Å²) < 4.78 is 0. The second kappa shape index (κ2) is 3.88. The van der Waals surface area contributed by atoms with Gasteiger partial charge < -0.3 is 0 Å². The van der Waals surface area contributed by atoms with E-state index >= 15 is 0 Å². The van der Waals surface area contributed by atoms with Crippen LogP contribution in [0.15, 0.2) is 24.3 Å². The zero-order valence-corrected chi connectivity index (χ0v) is 8.05. The van der Waals surface area contributed by atoms with E-state index in [-0.39, 0.29) is 24.0 Å². The number of rotatable bonds is 0. The van der Waals surface area contributed by atoms with Gasteiger partial charge in [-0.05, 0) is 13.8 Å². The summed E-state index contributed by atoms with van der Waals surface area (Å²) in [7, 11) is 0. The summed E-state index contributed by atoms with van der Waals surface area (Å²) in [6, 6.07) is 8.45. The van der Waals surface area contributed by atoms with Crippen molar-refractivity contribution in [3.8, 4) is 0 Å². The molecule has 0 saturated heterocycles. The first-order chi connectivity index (χ1) is 3.79. The SMILES string of the molecule is Cc1cccc(C)c1.I. The zero-order valence-electron chi connectivity index (χ0n) is 5.72. The Labute approximate surface area is 73.3 Å². The minimum absolute atomic E-state index is 0. The predicted octanol–water partition coefficient (Wildman–Crippen LogP) is 2.92. The fraction of sp³-hybridized carbons (Fsp3) is 0.250. The van der Waals surface area contributed by atoms with Crippen LogP contribution in [0.3, 0.4) is 0 Å². The Hall–Kier alpha value is -0.0500. The Kier molecular flexibility index (Phi) is 3.86. The van der Waals surface area contributed by atoms with E-state index in [2.05, 4.69) is 38.1 Å². The molecular formula is C8H11I. The molecule has 0 fully saturated rings. The molecule has 50 valence electrons. The highest BCUT2D eigenvalue weighted by Gasteiger charge is 1.80. The molecule has 9 heavy (non-hydrogen) atoms. The number of hydrogen-bond acceptors (Lipinski definition) is 0. The molecule has 0 aromatic heterocycles. The minimum Gasteiger partial charge on any atom is -0.107 e. The minimum atomic E-state index is 0. The largest absolute Gasteiger partial charge is 0.107 e. The third kappa shape index (κ3) is 2.84. The number of aryl methyl sites for hydroxylation is 2. The van der Waals surface area contributed by atoms with Crippen molar-refractivity contribution in [3.63, 3.8) is 0 Å². The molecule has 0 amide bonds. The molecule has 0 bridgehead atoms. The van der Waals surface area contributed by atoms with Crippen molar-refractivity contribution < 1.29 is 0 Å². The third-order valence-corrected chi connectivity index (χ3v) is 1.17. The maximum atomic E-state index is 2.17. The van der Waals surface area contributed by atoms with E-state index in [0.717, 1.165) is 0 Å². The Morgan fingerprint density at radius 2 is 1.44 bits per heavy atom. The van der Waals surface area contributed by atoms with Gasteiger partial charge in [-0.2, -0.15) is 0 Å². The van der Waals surface area contributed by atoms with E-state index in [1.807, 2.05) is 0 Å². The number of benzene rings is 1. The molecular weight excluding hydrogens is 223 g/mol. The second-order valence-corrected chi connectivity index (χ2v) is 2.16. The second-order valence-electron chi connectivity index (χ2n) is 2.16. The van der Waals surface area contributed by atoms with Crippen LogP contribution in [0.2, 0.25) is 0 Å². The van der Waals surface area contributed by atoms with Gasteiger partial charge in [-0.1, -0.05) is 35.4 Å². The maximum Gasteiger partial charge on any atom is -0.0398 e. The molecule has 1 heteroatoms. The van der Waals surface area contributed by atoms with E-state index in [9.17, 15) is 0 Å². The van der Waals surface area contributed by atoms with Crippen molar-refractivity contribution in [3.05, 3.63) is 35.4 Å². The quantitative estimate of drug-likeness (QED) is 0.605. The monoisotopic (exact) mass is 234 g/mol. The standard InChI is InChI=1S/C8H10.HI/c1-7-4-3-5-8(2)6-7;/h3-6H,1-2H3;1H. The number of hydrogen-bond donors (Lipinski definition) is 0. The molecule has 1 aromatic carbocycles. The molecule has 1 aromatic rings. The van der Waals surface area contributed by atoms with Crippen molar-refractivity contribution in [1.82, 2.24) is 0 Å². The molecule has 0 atom stereocenters. The highest BCUT2D eigenvalue weighted by atomic mass is 127.